The maximum atomic E-state index is 13.6. The minimum absolute atomic E-state index is 0.00579. The smallest absolute Gasteiger partial charge is 0.328 e. The van der Waals surface area contributed by atoms with E-state index in [0.717, 1.165) is 0 Å². The molecule has 3 heterocycles. The Hall–Kier alpha value is -3.55. The maximum absolute atomic E-state index is 13.6. The predicted molar refractivity (Wildman–Crippen MR) is 135 cm³/mol. The van der Waals surface area contributed by atoms with Crippen molar-refractivity contribution in [1.82, 2.24) is 24.4 Å². The quantitative estimate of drug-likeness (QED) is 0.484. The van der Waals surface area contributed by atoms with Crippen LogP contribution in [0.1, 0.15) is 5.56 Å². The highest BCUT2D eigenvalue weighted by Gasteiger charge is 2.42. The number of esters is 1. The van der Waals surface area contributed by atoms with Crippen molar-refractivity contribution >= 4 is 27.9 Å². The van der Waals surface area contributed by atoms with Gasteiger partial charge in [0.2, 0.25) is 15.9 Å². The van der Waals surface area contributed by atoms with Gasteiger partial charge < -0.3 is 24.6 Å². The van der Waals surface area contributed by atoms with Crippen LogP contribution in [0.4, 0.5) is 4.79 Å². The lowest BCUT2D eigenvalue weighted by molar-refractivity contribution is -0.145. The fourth-order valence-electron chi connectivity index (χ4n) is 4.47. The second-order valence-electron chi connectivity index (χ2n) is 8.92. The number of urea groups is 1. The Morgan fingerprint density at radius 1 is 1.08 bits per heavy atom. The third kappa shape index (κ3) is 6.29. The van der Waals surface area contributed by atoms with Gasteiger partial charge in [0.15, 0.2) is 0 Å². The molecule has 2 atom stereocenters. The van der Waals surface area contributed by atoms with Crippen molar-refractivity contribution in [3.8, 4) is 0 Å². The SMILES string of the molecule is COC(=O)[C@@H](Cc1cccnc1)NC(=O)[C@H]1CN(S(=O)(=O)c2ccccc2)CCN1C(=O)N1CCOCC1. The van der Waals surface area contributed by atoms with Gasteiger partial charge in [-0.3, -0.25) is 9.78 Å². The van der Waals surface area contributed by atoms with Gasteiger partial charge in [0.1, 0.15) is 12.1 Å². The zero-order valence-electron chi connectivity index (χ0n) is 21.1. The number of carbonyl (C=O) groups excluding carboxylic acids is 3. The molecule has 38 heavy (non-hydrogen) atoms. The van der Waals surface area contributed by atoms with Crippen LogP contribution in [0.15, 0.2) is 59.8 Å². The average Bonchev–Trinajstić information content (AvgIpc) is 2.97. The maximum Gasteiger partial charge on any atom is 0.328 e. The van der Waals surface area contributed by atoms with Gasteiger partial charge in [-0.25, -0.2) is 18.0 Å². The fourth-order valence-corrected chi connectivity index (χ4v) is 5.92. The molecule has 0 bridgehead atoms. The Balaban J connectivity index is 1.59. The predicted octanol–water partition coefficient (Wildman–Crippen LogP) is 0.109. The van der Waals surface area contributed by atoms with Gasteiger partial charge in [-0.1, -0.05) is 24.3 Å². The number of piperazine rings is 1. The van der Waals surface area contributed by atoms with Gasteiger partial charge in [-0.2, -0.15) is 4.31 Å². The van der Waals surface area contributed by atoms with Gasteiger partial charge in [-0.15, -0.1) is 0 Å². The number of nitrogens with one attached hydrogen (secondary N) is 1. The standard InChI is InChI=1S/C25H31N5O7S/c1-36-24(32)21(16-19-6-5-9-26-17-19)27-23(31)22-18-29(38(34,35)20-7-3-2-4-8-20)10-11-30(22)25(33)28-12-14-37-15-13-28/h2-9,17,21-22H,10-16,18H2,1H3,(H,27,31)/t21-,22-/m1/s1. The molecule has 2 aromatic rings. The summed E-state index contributed by atoms with van der Waals surface area (Å²) in [4.78, 5) is 46.7. The molecule has 0 radical (unpaired) electrons. The van der Waals surface area contributed by atoms with Gasteiger partial charge in [0.25, 0.3) is 0 Å². The molecule has 2 aliphatic rings. The zero-order chi connectivity index (χ0) is 27.1. The van der Waals surface area contributed by atoms with Crippen molar-refractivity contribution in [3.05, 3.63) is 60.4 Å². The number of morpholine rings is 1. The topological polar surface area (TPSA) is 138 Å². The van der Waals surface area contributed by atoms with E-state index >= 15 is 0 Å². The molecule has 4 rings (SSSR count). The molecule has 2 saturated heterocycles. The zero-order valence-corrected chi connectivity index (χ0v) is 21.9. The Morgan fingerprint density at radius 2 is 1.82 bits per heavy atom. The molecular formula is C25H31N5O7S. The van der Waals surface area contributed by atoms with Gasteiger partial charge in [0.05, 0.1) is 25.2 Å². The summed E-state index contributed by atoms with van der Waals surface area (Å²) in [6.45, 7) is 1.24. The van der Waals surface area contributed by atoms with Crippen LogP contribution in [0.25, 0.3) is 0 Å². The van der Waals surface area contributed by atoms with Crippen molar-refractivity contribution in [3.63, 3.8) is 0 Å². The van der Waals surface area contributed by atoms with Crippen LogP contribution in [-0.4, -0.2) is 111 Å². The number of pyridine rings is 1. The van der Waals surface area contributed by atoms with E-state index in [1.54, 1.807) is 47.6 Å². The van der Waals surface area contributed by atoms with Crippen LogP contribution in [0.2, 0.25) is 0 Å². The Morgan fingerprint density at radius 3 is 2.47 bits per heavy atom. The molecule has 2 aliphatic heterocycles. The number of aromatic nitrogens is 1. The molecule has 1 N–H and O–H groups in total. The second-order valence-corrected chi connectivity index (χ2v) is 10.9. The first-order valence-corrected chi connectivity index (χ1v) is 13.7. The number of nitrogens with zero attached hydrogens (tertiary/aromatic N) is 4. The number of hydrogen-bond donors (Lipinski definition) is 1. The first-order valence-electron chi connectivity index (χ1n) is 12.3. The molecule has 0 unspecified atom stereocenters. The van der Waals surface area contributed by atoms with Gasteiger partial charge >= 0.3 is 12.0 Å². The summed E-state index contributed by atoms with van der Waals surface area (Å²) in [6, 6.07) is 8.78. The van der Waals surface area contributed by atoms with Crippen molar-refractivity contribution in [1.29, 1.82) is 0 Å². The summed E-state index contributed by atoms with van der Waals surface area (Å²) < 4.78 is 38.1. The molecular weight excluding hydrogens is 514 g/mol. The highest BCUT2D eigenvalue weighted by molar-refractivity contribution is 7.89. The van der Waals surface area contributed by atoms with Crippen LogP contribution in [-0.2, 0) is 35.5 Å². The van der Waals surface area contributed by atoms with E-state index in [9.17, 15) is 22.8 Å². The summed E-state index contributed by atoms with van der Waals surface area (Å²) in [6.07, 6.45) is 3.28. The van der Waals surface area contributed by atoms with E-state index in [1.807, 2.05) is 0 Å². The third-order valence-corrected chi connectivity index (χ3v) is 8.40. The number of amides is 3. The summed E-state index contributed by atoms with van der Waals surface area (Å²) in [7, 11) is -2.70. The highest BCUT2D eigenvalue weighted by atomic mass is 32.2. The number of ether oxygens (including phenoxy) is 2. The first kappa shape index (κ1) is 27.5. The number of rotatable bonds is 7. The molecule has 0 spiro atoms. The van der Waals surface area contributed by atoms with E-state index in [-0.39, 0.29) is 37.0 Å². The number of hydrogen-bond acceptors (Lipinski definition) is 8. The molecule has 1 aromatic carbocycles. The summed E-state index contributed by atoms with van der Waals surface area (Å²) in [5.74, 6) is -1.32. The van der Waals surface area contributed by atoms with Crippen molar-refractivity contribution in [2.45, 2.75) is 23.4 Å². The summed E-state index contributed by atoms with van der Waals surface area (Å²) in [5.41, 5.74) is 0.696. The Bertz CT molecular complexity index is 1220. The van der Waals surface area contributed by atoms with Crippen LogP contribution in [0.3, 0.4) is 0 Å². The first-order chi connectivity index (χ1) is 18.3. The van der Waals surface area contributed by atoms with Crippen LogP contribution < -0.4 is 5.32 Å². The molecule has 204 valence electrons. The molecule has 0 aliphatic carbocycles. The van der Waals surface area contributed by atoms with Crippen molar-refractivity contribution < 1.29 is 32.3 Å². The van der Waals surface area contributed by atoms with E-state index in [4.69, 9.17) is 9.47 Å². The largest absolute Gasteiger partial charge is 0.467 e. The second kappa shape index (κ2) is 12.3. The number of carbonyl (C=O) groups is 3. The lowest BCUT2D eigenvalue weighted by Gasteiger charge is -2.42. The number of methoxy groups -OCH3 is 1. The number of benzene rings is 1. The monoisotopic (exact) mass is 545 g/mol. The Kier molecular flexibility index (Phi) is 8.92. The average molecular weight is 546 g/mol. The summed E-state index contributed by atoms with van der Waals surface area (Å²) in [5, 5.41) is 2.69. The van der Waals surface area contributed by atoms with Gasteiger partial charge in [-0.05, 0) is 23.8 Å². The summed E-state index contributed by atoms with van der Waals surface area (Å²) >= 11 is 0. The third-order valence-electron chi connectivity index (χ3n) is 6.52. The highest BCUT2D eigenvalue weighted by Crippen LogP contribution is 2.22. The molecule has 2 fully saturated rings. The Labute approximate surface area is 221 Å². The van der Waals surface area contributed by atoms with Crippen LogP contribution in [0, 0.1) is 0 Å². The van der Waals surface area contributed by atoms with E-state index in [2.05, 4.69) is 10.3 Å². The lowest BCUT2D eigenvalue weighted by Crippen LogP contribution is -2.65. The van der Waals surface area contributed by atoms with Gasteiger partial charge in [0, 0.05) is 51.5 Å². The lowest BCUT2D eigenvalue weighted by atomic mass is 10.1. The molecule has 13 heteroatoms. The number of sulfonamides is 1. The van der Waals surface area contributed by atoms with Crippen molar-refractivity contribution in [2.24, 2.45) is 0 Å². The van der Waals surface area contributed by atoms with E-state index in [0.29, 0.717) is 31.9 Å². The minimum atomic E-state index is -3.92. The molecule has 0 saturated carbocycles. The van der Waals surface area contributed by atoms with Crippen molar-refractivity contribution in [2.75, 3.05) is 53.0 Å². The minimum Gasteiger partial charge on any atom is -0.467 e. The van der Waals surface area contributed by atoms with Crippen LogP contribution >= 0.6 is 0 Å². The van der Waals surface area contributed by atoms with E-state index < -0.39 is 34.0 Å². The van der Waals surface area contributed by atoms with Crippen LogP contribution in [0.5, 0.6) is 0 Å². The fraction of sp³-hybridized carbons (Fsp3) is 0.440. The molecule has 3 amide bonds. The van der Waals surface area contributed by atoms with E-state index in [1.165, 1.54) is 28.4 Å². The molecule has 12 nitrogen and oxygen atoms in total. The molecule has 1 aromatic heterocycles. The normalized spacial score (nSPS) is 19.4.